The van der Waals surface area contributed by atoms with Crippen molar-refractivity contribution in [3.05, 3.63) is 18.2 Å². The number of imidazole rings is 1. The minimum atomic E-state index is -1.24. The molecule has 2 heterocycles. The number of aromatic nitrogens is 2. The van der Waals surface area contributed by atoms with Crippen LogP contribution in [0, 0.1) is 5.92 Å². The summed E-state index contributed by atoms with van der Waals surface area (Å²) in [6, 6.07) is -4.27. The minimum Gasteiger partial charge on any atom is -0.480 e. The maximum Gasteiger partial charge on any atom is 0.326 e. The lowest BCUT2D eigenvalue weighted by molar-refractivity contribution is -0.145. The molecule has 4 amide bonds. The number of nitrogens with one attached hydrogen (secondary N) is 3. The molecule has 1 fully saturated rings. The predicted octanol–water partition coefficient (Wildman–Crippen LogP) is -1.75. The molecule has 1 aromatic rings. The molecule has 0 saturated carbocycles. The lowest BCUT2D eigenvalue weighted by Gasteiger charge is -2.30. The van der Waals surface area contributed by atoms with Crippen LogP contribution < -0.4 is 22.1 Å². The van der Waals surface area contributed by atoms with Crippen LogP contribution in [0.4, 0.5) is 0 Å². The molecule has 1 saturated heterocycles. The molecule has 0 bridgehead atoms. The van der Waals surface area contributed by atoms with Crippen molar-refractivity contribution in [3.63, 3.8) is 0 Å². The molecule has 1 aliphatic rings. The third-order valence-electron chi connectivity index (χ3n) is 5.51. The number of hydrogen-bond donors (Lipinski definition) is 6. The number of aromatic amines is 1. The Morgan fingerprint density at radius 2 is 1.94 bits per heavy atom. The number of carbonyl (C=O) groups excluding carboxylic acids is 4. The van der Waals surface area contributed by atoms with Gasteiger partial charge in [-0.15, -0.1) is 0 Å². The van der Waals surface area contributed by atoms with Gasteiger partial charge in [-0.05, 0) is 25.2 Å². The monoisotopic (exact) mass is 479 g/mol. The summed E-state index contributed by atoms with van der Waals surface area (Å²) in [5, 5.41) is 14.5. The van der Waals surface area contributed by atoms with Gasteiger partial charge in [0.05, 0.1) is 18.8 Å². The summed E-state index contributed by atoms with van der Waals surface area (Å²) in [5.74, 6) is -3.69. The van der Waals surface area contributed by atoms with Gasteiger partial charge >= 0.3 is 5.97 Å². The fourth-order valence-electron chi connectivity index (χ4n) is 3.87. The number of carbonyl (C=O) groups is 5. The standard InChI is InChI=1S/C21H33N7O6/c1-11(2)6-15(21(33)34)27-19(31)16-4-3-5-28(16)20(32)14(7-12-9-24-10-25-12)26-18(30)13(22)8-17(23)29/h9-11,13-16H,3-8,22H2,1-2H3,(H2,23,29)(H,24,25)(H,26,30)(H,27,31)(H,33,34). The average Bonchev–Trinajstić information content (AvgIpc) is 3.43. The molecule has 0 radical (unpaired) electrons. The van der Waals surface area contributed by atoms with Gasteiger partial charge in [0.2, 0.25) is 23.6 Å². The summed E-state index contributed by atoms with van der Waals surface area (Å²) in [7, 11) is 0. The zero-order chi connectivity index (χ0) is 25.4. The van der Waals surface area contributed by atoms with Crippen molar-refractivity contribution in [2.75, 3.05) is 6.54 Å². The van der Waals surface area contributed by atoms with E-state index < -0.39 is 60.2 Å². The number of nitrogens with two attached hydrogens (primary N) is 2. The maximum atomic E-state index is 13.4. The predicted molar refractivity (Wildman–Crippen MR) is 120 cm³/mol. The average molecular weight is 480 g/mol. The highest BCUT2D eigenvalue weighted by Crippen LogP contribution is 2.20. The highest BCUT2D eigenvalue weighted by molar-refractivity contribution is 5.95. The molecule has 8 N–H and O–H groups in total. The minimum absolute atomic E-state index is 0.0429. The molecule has 4 atom stereocenters. The Hall–Kier alpha value is -3.48. The van der Waals surface area contributed by atoms with Crippen molar-refractivity contribution >= 4 is 29.6 Å². The number of carboxylic acids is 1. The van der Waals surface area contributed by atoms with Crippen molar-refractivity contribution in [2.24, 2.45) is 17.4 Å². The van der Waals surface area contributed by atoms with Gasteiger partial charge in [0.15, 0.2) is 0 Å². The van der Waals surface area contributed by atoms with E-state index in [4.69, 9.17) is 11.5 Å². The number of amides is 4. The van der Waals surface area contributed by atoms with Gasteiger partial charge in [-0.3, -0.25) is 19.2 Å². The lowest BCUT2D eigenvalue weighted by atomic mass is 10.0. The third kappa shape index (κ3) is 7.54. The van der Waals surface area contributed by atoms with Gasteiger partial charge in [-0.1, -0.05) is 13.8 Å². The van der Waals surface area contributed by atoms with Crippen molar-refractivity contribution < 1.29 is 29.1 Å². The highest BCUT2D eigenvalue weighted by atomic mass is 16.4. The third-order valence-corrected chi connectivity index (χ3v) is 5.51. The fourth-order valence-corrected chi connectivity index (χ4v) is 3.87. The molecule has 13 nitrogen and oxygen atoms in total. The highest BCUT2D eigenvalue weighted by Gasteiger charge is 2.39. The molecule has 1 aromatic heterocycles. The number of nitrogens with zero attached hydrogens (tertiary/aromatic N) is 2. The topological polar surface area (TPSA) is 214 Å². The number of carboxylic acid groups (broad SMARTS) is 1. The number of hydrogen-bond acceptors (Lipinski definition) is 7. The lowest BCUT2D eigenvalue weighted by Crippen LogP contribution is -2.57. The molecule has 2 rings (SSSR count). The second-order valence-electron chi connectivity index (χ2n) is 8.84. The first kappa shape index (κ1) is 26.8. The maximum absolute atomic E-state index is 13.4. The first-order valence-corrected chi connectivity index (χ1v) is 11.1. The van der Waals surface area contributed by atoms with Gasteiger partial charge in [0.25, 0.3) is 0 Å². The van der Waals surface area contributed by atoms with E-state index in [1.54, 1.807) is 0 Å². The Kier molecular flexibility index (Phi) is 9.54. The van der Waals surface area contributed by atoms with Crippen LogP contribution in [0.25, 0.3) is 0 Å². The van der Waals surface area contributed by atoms with Crippen molar-refractivity contribution in [3.8, 4) is 0 Å². The zero-order valence-electron chi connectivity index (χ0n) is 19.3. The van der Waals surface area contributed by atoms with E-state index in [1.165, 1.54) is 17.4 Å². The van der Waals surface area contributed by atoms with E-state index in [0.29, 0.717) is 18.5 Å². The van der Waals surface area contributed by atoms with Crippen LogP contribution in [0.15, 0.2) is 12.5 Å². The molecule has 34 heavy (non-hydrogen) atoms. The van der Waals surface area contributed by atoms with E-state index in [2.05, 4.69) is 20.6 Å². The molecule has 0 aliphatic carbocycles. The molecule has 4 unspecified atom stereocenters. The number of aliphatic carboxylic acids is 1. The second-order valence-corrected chi connectivity index (χ2v) is 8.84. The van der Waals surface area contributed by atoms with Crippen LogP contribution in [0.5, 0.6) is 0 Å². The summed E-state index contributed by atoms with van der Waals surface area (Å²) in [6.45, 7) is 3.96. The second kappa shape index (κ2) is 12.1. The van der Waals surface area contributed by atoms with Crippen molar-refractivity contribution in [1.29, 1.82) is 0 Å². The molecule has 0 aromatic carbocycles. The number of likely N-dealkylation sites (tertiary alicyclic amines) is 1. The van der Waals surface area contributed by atoms with E-state index in [0.717, 1.165) is 0 Å². The Balaban J connectivity index is 2.17. The molecule has 13 heteroatoms. The van der Waals surface area contributed by atoms with E-state index in [-0.39, 0.29) is 25.3 Å². The molecule has 188 valence electrons. The zero-order valence-corrected chi connectivity index (χ0v) is 19.3. The van der Waals surface area contributed by atoms with Crippen LogP contribution in [-0.4, -0.2) is 80.3 Å². The summed E-state index contributed by atoms with van der Waals surface area (Å²) in [4.78, 5) is 69.6. The number of primary amides is 1. The number of H-pyrrole nitrogens is 1. The van der Waals surface area contributed by atoms with Gasteiger partial charge < -0.3 is 37.1 Å². The van der Waals surface area contributed by atoms with Gasteiger partial charge in [-0.25, -0.2) is 9.78 Å². The van der Waals surface area contributed by atoms with Gasteiger partial charge in [0.1, 0.15) is 18.1 Å². The first-order chi connectivity index (χ1) is 16.0. The van der Waals surface area contributed by atoms with E-state index >= 15 is 0 Å². The molecular formula is C21H33N7O6. The van der Waals surface area contributed by atoms with Crippen LogP contribution in [0.2, 0.25) is 0 Å². The van der Waals surface area contributed by atoms with Crippen LogP contribution in [-0.2, 0) is 30.4 Å². The Labute approximate surface area is 197 Å². The van der Waals surface area contributed by atoms with Crippen LogP contribution in [0.3, 0.4) is 0 Å². The SMILES string of the molecule is CC(C)CC(NC(=O)C1CCCN1C(=O)C(Cc1cnc[nH]1)NC(=O)C(N)CC(N)=O)C(=O)O. The van der Waals surface area contributed by atoms with Crippen LogP contribution in [0.1, 0.15) is 45.2 Å². The molecular weight excluding hydrogens is 446 g/mol. The Bertz CT molecular complexity index is 888. The smallest absolute Gasteiger partial charge is 0.326 e. The van der Waals surface area contributed by atoms with Gasteiger partial charge in [-0.2, -0.15) is 0 Å². The van der Waals surface area contributed by atoms with Gasteiger partial charge in [0, 0.05) is 24.9 Å². The largest absolute Gasteiger partial charge is 0.480 e. The molecule has 0 spiro atoms. The summed E-state index contributed by atoms with van der Waals surface area (Å²) < 4.78 is 0. The Morgan fingerprint density at radius 3 is 2.50 bits per heavy atom. The first-order valence-electron chi connectivity index (χ1n) is 11.1. The fraction of sp³-hybridized carbons (Fsp3) is 0.619. The van der Waals surface area contributed by atoms with E-state index in [1.807, 2.05) is 13.8 Å². The van der Waals surface area contributed by atoms with E-state index in [9.17, 15) is 29.1 Å². The van der Waals surface area contributed by atoms with Crippen LogP contribution >= 0.6 is 0 Å². The van der Waals surface area contributed by atoms with Crippen molar-refractivity contribution in [1.82, 2.24) is 25.5 Å². The number of rotatable bonds is 12. The Morgan fingerprint density at radius 1 is 1.24 bits per heavy atom. The summed E-state index contributed by atoms with van der Waals surface area (Å²) in [6.07, 6.45) is 3.71. The normalized spacial score (nSPS) is 18.2. The quantitative estimate of drug-likeness (QED) is 0.202. The molecule has 1 aliphatic heterocycles. The summed E-state index contributed by atoms with van der Waals surface area (Å²) in [5.41, 5.74) is 11.4. The van der Waals surface area contributed by atoms with Crippen molar-refractivity contribution in [2.45, 2.75) is 70.1 Å². The summed E-state index contributed by atoms with van der Waals surface area (Å²) >= 11 is 0.